The molecule has 0 aliphatic rings. The number of nitrogens with zero attached hydrogens (tertiary/aromatic N) is 3. The summed E-state index contributed by atoms with van der Waals surface area (Å²) in [6.07, 6.45) is 0. The Balaban J connectivity index is 1.68. The first-order valence-corrected chi connectivity index (χ1v) is 11.4. The van der Waals surface area contributed by atoms with Gasteiger partial charge in [-0.15, -0.1) is 0 Å². The first kappa shape index (κ1) is 21.2. The first-order valence-electron chi connectivity index (χ1n) is 10.2. The van der Waals surface area contributed by atoms with Gasteiger partial charge in [-0.25, -0.2) is 9.97 Å². The van der Waals surface area contributed by atoms with Crippen molar-refractivity contribution in [3.8, 4) is 22.1 Å². The Morgan fingerprint density at radius 2 is 1.70 bits per heavy atom. The van der Waals surface area contributed by atoms with Gasteiger partial charge in [0.2, 0.25) is 0 Å². The maximum atomic E-state index is 13.6. The van der Waals surface area contributed by atoms with Crippen molar-refractivity contribution in [1.82, 2.24) is 14.5 Å². The second kappa shape index (κ2) is 8.69. The fourth-order valence-electron chi connectivity index (χ4n) is 3.57. The van der Waals surface area contributed by atoms with Crippen LogP contribution in [0.2, 0.25) is 5.02 Å². The second-order valence-electron chi connectivity index (χ2n) is 7.36. The van der Waals surface area contributed by atoms with Gasteiger partial charge >= 0.3 is 0 Å². The molecule has 0 spiro atoms. The lowest BCUT2D eigenvalue weighted by molar-refractivity contribution is 0.414. The number of nitrogens with one attached hydrogen (secondary N) is 1. The molecule has 5 rings (SSSR count). The number of hydrogen-bond acceptors (Lipinski definition) is 6. The summed E-state index contributed by atoms with van der Waals surface area (Å²) in [4.78, 5) is 23.9. The molecule has 0 bridgehead atoms. The summed E-state index contributed by atoms with van der Waals surface area (Å²) in [5.41, 5.74) is 2.86. The molecule has 164 valence electrons. The Hall–Kier alpha value is -3.68. The fraction of sp³-hybridized carbons (Fsp3) is 0.0800. The third-order valence-electron chi connectivity index (χ3n) is 5.20. The van der Waals surface area contributed by atoms with E-state index in [4.69, 9.17) is 21.3 Å². The van der Waals surface area contributed by atoms with Gasteiger partial charge in [0.05, 0.1) is 34.3 Å². The predicted molar refractivity (Wildman–Crippen MR) is 134 cm³/mol. The van der Waals surface area contributed by atoms with Crippen molar-refractivity contribution in [2.24, 2.45) is 0 Å². The highest BCUT2D eigenvalue weighted by Gasteiger charge is 2.19. The number of para-hydroxylation sites is 1. The van der Waals surface area contributed by atoms with Gasteiger partial charge in [-0.2, -0.15) is 0 Å². The van der Waals surface area contributed by atoms with Gasteiger partial charge in [0, 0.05) is 10.7 Å². The molecule has 3 aromatic carbocycles. The molecule has 5 aromatic rings. The van der Waals surface area contributed by atoms with Gasteiger partial charge < -0.3 is 10.1 Å². The molecule has 2 heterocycles. The molecule has 0 aliphatic carbocycles. The van der Waals surface area contributed by atoms with Crippen molar-refractivity contribution in [3.05, 3.63) is 93.9 Å². The number of fused-ring (bicyclic) bond motifs is 1. The molecule has 0 atom stereocenters. The number of thiazole rings is 1. The lowest BCUT2D eigenvalue weighted by Gasteiger charge is -2.13. The number of hydrogen-bond donors (Lipinski definition) is 1. The lowest BCUT2D eigenvalue weighted by Crippen LogP contribution is -2.21. The van der Waals surface area contributed by atoms with E-state index in [9.17, 15) is 4.79 Å². The van der Waals surface area contributed by atoms with Crippen LogP contribution in [-0.2, 0) is 0 Å². The Labute approximate surface area is 199 Å². The van der Waals surface area contributed by atoms with Crippen molar-refractivity contribution < 1.29 is 4.74 Å². The summed E-state index contributed by atoms with van der Waals surface area (Å²) in [5, 5.41) is 5.23. The maximum Gasteiger partial charge on any atom is 0.266 e. The number of ether oxygens (including phenoxy) is 1. The van der Waals surface area contributed by atoms with Crippen LogP contribution in [0.25, 0.3) is 27.3 Å². The van der Waals surface area contributed by atoms with Crippen molar-refractivity contribution >= 4 is 44.7 Å². The minimum atomic E-state index is -0.138. The Kier molecular flexibility index (Phi) is 5.58. The highest BCUT2D eigenvalue weighted by Crippen LogP contribution is 2.34. The normalized spacial score (nSPS) is 11.0. The van der Waals surface area contributed by atoms with E-state index in [1.807, 2.05) is 73.7 Å². The van der Waals surface area contributed by atoms with Crippen LogP contribution in [0.15, 0.2) is 77.6 Å². The minimum absolute atomic E-state index is 0.138. The van der Waals surface area contributed by atoms with Crippen molar-refractivity contribution in [2.75, 3.05) is 12.4 Å². The number of anilines is 2. The van der Waals surface area contributed by atoms with Gasteiger partial charge in [-0.05, 0) is 67.6 Å². The van der Waals surface area contributed by atoms with Gasteiger partial charge in [0.1, 0.15) is 5.75 Å². The van der Waals surface area contributed by atoms with Gasteiger partial charge in [0.15, 0.2) is 11.0 Å². The van der Waals surface area contributed by atoms with E-state index >= 15 is 0 Å². The third kappa shape index (κ3) is 4.08. The number of methoxy groups -OCH3 is 1. The number of aromatic nitrogens is 3. The zero-order valence-electron chi connectivity index (χ0n) is 17.9. The van der Waals surface area contributed by atoms with Crippen molar-refractivity contribution in [2.45, 2.75) is 6.92 Å². The zero-order chi connectivity index (χ0) is 22.9. The fourth-order valence-corrected chi connectivity index (χ4v) is 4.66. The topological polar surface area (TPSA) is 69.0 Å². The van der Waals surface area contributed by atoms with Crippen LogP contribution >= 0.6 is 22.9 Å². The Bertz CT molecular complexity index is 1510. The van der Waals surface area contributed by atoms with Crippen LogP contribution in [0.1, 0.15) is 5.69 Å². The second-order valence-corrected chi connectivity index (χ2v) is 8.79. The molecule has 0 unspecified atom stereocenters. The number of benzene rings is 3. The average Bonchev–Trinajstić information content (AvgIpc) is 3.20. The van der Waals surface area contributed by atoms with Crippen LogP contribution in [0.3, 0.4) is 0 Å². The van der Waals surface area contributed by atoms with E-state index in [0.29, 0.717) is 38.3 Å². The monoisotopic (exact) mass is 474 g/mol. The lowest BCUT2D eigenvalue weighted by atomic mass is 10.2. The van der Waals surface area contributed by atoms with E-state index in [2.05, 4.69) is 10.3 Å². The van der Waals surface area contributed by atoms with Crippen LogP contribution in [0, 0.1) is 6.92 Å². The molecule has 0 amide bonds. The summed E-state index contributed by atoms with van der Waals surface area (Å²) in [6, 6.07) is 22.1. The van der Waals surface area contributed by atoms with Crippen LogP contribution in [-0.4, -0.2) is 21.6 Å². The van der Waals surface area contributed by atoms with E-state index in [-0.39, 0.29) is 5.56 Å². The smallest absolute Gasteiger partial charge is 0.266 e. The molecule has 0 fully saturated rings. The van der Waals surface area contributed by atoms with E-state index in [0.717, 1.165) is 16.3 Å². The largest absolute Gasteiger partial charge is 0.497 e. The highest BCUT2D eigenvalue weighted by atomic mass is 35.5. The predicted octanol–water partition coefficient (Wildman–Crippen LogP) is 6.22. The zero-order valence-corrected chi connectivity index (χ0v) is 19.4. The minimum Gasteiger partial charge on any atom is -0.497 e. The molecule has 0 aliphatic heterocycles. The molecule has 0 saturated heterocycles. The average molecular weight is 475 g/mol. The Morgan fingerprint density at radius 1 is 0.970 bits per heavy atom. The molecule has 0 saturated carbocycles. The summed E-state index contributed by atoms with van der Waals surface area (Å²) >= 11 is 7.44. The van der Waals surface area contributed by atoms with Gasteiger partial charge in [-0.3, -0.25) is 9.36 Å². The first-order chi connectivity index (χ1) is 16.0. The maximum absolute atomic E-state index is 13.6. The van der Waals surface area contributed by atoms with Crippen molar-refractivity contribution in [3.63, 3.8) is 0 Å². The number of aryl methyl sites for hydroxylation is 1. The third-order valence-corrected chi connectivity index (χ3v) is 6.52. The summed E-state index contributed by atoms with van der Waals surface area (Å²) in [6.45, 7) is 1.92. The molecular formula is C25H19ClN4O2S. The number of rotatable bonds is 5. The molecule has 2 aromatic heterocycles. The molecule has 6 nitrogen and oxygen atoms in total. The van der Waals surface area contributed by atoms with Crippen LogP contribution in [0.4, 0.5) is 10.8 Å². The summed E-state index contributed by atoms with van der Waals surface area (Å²) in [7, 11) is 1.61. The van der Waals surface area contributed by atoms with Crippen LogP contribution < -0.4 is 15.6 Å². The van der Waals surface area contributed by atoms with Gasteiger partial charge in [0.25, 0.3) is 5.56 Å². The molecule has 0 radical (unpaired) electrons. The molecule has 1 N–H and O–H groups in total. The molecule has 33 heavy (non-hydrogen) atoms. The van der Waals surface area contributed by atoms with E-state index in [1.165, 1.54) is 11.3 Å². The van der Waals surface area contributed by atoms with E-state index in [1.54, 1.807) is 17.7 Å². The summed E-state index contributed by atoms with van der Waals surface area (Å²) in [5.74, 6) is 1.26. The summed E-state index contributed by atoms with van der Waals surface area (Å²) < 4.78 is 6.91. The van der Waals surface area contributed by atoms with Crippen LogP contribution in [0.5, 0.6) is 5.75 Å². The quantitative estimate of drug-likeness (QED) is 0.327. The molecular weight excluding hydrogens is 456 g/mol. The Morgan fingerprint density at radius 3 is 2.42 bits per heavy atom. The highest BCUT2D eigenvalue weighted by molar-refractivity contribution is 7.19. The van der Waals surface area contributed by atoms with Gasteiger partial charge in [-0.1, -0.05) is 35.1 Å². The van der Waals surface area contributed by atoms with Crippen molar-refractivity contribution in [1.29, 1.82) is 0 Å². The molecule has 8 heteroatoms. The SMILES string of the molecule is COc1ccc(-n2c(-c3sc(Nc4ccc(Cl)cc4)nc3C)nc3ccccc3c2=O)cc1. The van der Waals surface area contributed by atoms with E-state index < -0.39 is 0 Å². The number of halogens is 1. The standard InChI is InChI=1S/C25H19ClN4O2S/c1-15-22(33-25(27-15)28-17-9-7-16(26)8-10-17)23-29-21-6-4-3-5-20(21)24(31)30(23)18-11-13-19(32-2)14-12-18/h3-14H,1-2H3,(H,27,28).